The maximum absolute atomic E-state index is 12.5. The minimum Gasteiger partial charge on any atom is -0.459 e. The van der Waals surface area contributed by atoms with Crippen molar-refractivity contribution in [3.8, 4) is 0 Å². The number of nitrogens with one attached hydrogen (secondary N) is 1. The van der Waals surface area contributed by atoms with Gasteiger partial charge in [0.1, 0.15) is 11.6 Å². The third-order valence-corrected chi connectivity index (χ3v) is 4.06. The zero-order chi connectivity index (χ0) is 18.2. The molecule has 1 fully saturated rings. The number of likely N-dealkylation sites (tertiary alicyclic amines) is 1. The molecule has 9 nitrogen and oxygen atoms in total. The number of piperidine rings is 1. The number of anilines is 1. The van der Waals surface area contributed by atoms with Gasteiger partial charge in [0.25, 0.3) is 11.3 Å². The molecule has 0 unspecified atom stereocenters. The van der Waals surface area contributed by atoms with Gasteiger partial charge < -0.3 is 10.5 Å². The molecule has 1 aliphatic rings. The molecule has 2 aromatic rings. The Morgan fingerprint density at radius 1 is 1.40 bits per heavy atom. The van der Waals surface area contributed by atoms with Gasteiger partial charge in [0.2, 0.25) is 5.95 Å². The van der Waals surface area contributed by atoms with Crippen molar-refractivity contribution in [1.82, 2.24) is 24.5 Å². The molecule has 136 valence electrons. The molecule has 0 radical (unpaired) electrons. The van der Waals surface area contributed by atoms with E-state index >= 15 is 0 Å². The van der Waals surface area contributed by atoms with Gasteiger partial charge in [0.05, 0.1) is 5.69 Å². The van der Waals surface area contributed by atoms with E-state index in [-0.39, 0.29) is 29.3 Å². The number of carbonyl (C=O) groups is 1. The van der Waals surface area contributed by atoms with Crippen LogP contribution in [0, 0.1) is 0 Å². The number of carbonyl (C=O) groups excluding carboxylic acids is 1. The standard InChI is InChI=1S/C16H24N6O3/c1-16(2,3)25-13(24)11-6-4-5-7-21(11)9-10-8-12(23)22-15(18-10)19-14(17)20-22/h8,11H,4-7,9H2,1-3H3,(H3,17,18,19,20)/t11-/m0/s1. The van der Waals surface area contributed by atoms with Gasteiger partial charge >= 0.3 is 5.97 Å². The van der Waals surface area contributed by atoms with Gasteiger partial charge in [-0.2, -0.15) is 9.50 Å². The van der Waals surface area contributed by atoms with E-state index < -0.39 is 5.60 Å². The molecule has 1 atom stereocenters. The van der Waals surface area contributed by atoms with Gasteiger partial charge in [0, 0.05) is 12.6 Å². The van der Waals surface area contributed by atoms with Gasteiger partial charge in [-0.15, -0.1) is 0 Å². The first kappa shape index (κ1) is 17.4. The number of aromatic nitrogens is 4. The van der Waals surface area contributed by atoms with Crippen molar-refractivity contribution in [3.05, 3.63) is 22.1 Å². The van der Waals surface area contributed by atoms with Crippen molar-refractivity contribution < 1.29 is 9.53 Å². The van der Waals surface area contributed by atoms with Gasteiger partial charge in [-0.05, 0) is 40.2 Å². The highest BCUT2D eigenvalue weighted by atomic mass is 16.6. The second kappa shape index (κ2) is 6.47. The van der Waals surface area contributed by atoms with E-state index in [1.54, 1.807) is 0 Å². The summed E-state index contributed by atoms with van der Waals surface area (Å²) < 4.78 is 6.74. The van der Waals surface area contributed by atoms with Crippen molar-refractivity contribution in [2.45, 2.75) is 58.2 Å². The van der Waals surface area contributed by atoms with Crippen LogP contribution in [0.1, 0.15) is 45.7 Å². The van der Waals surface area contributed by atoms with Crippen LogP contribution in [0.15, 0.2) is 10.9 Å². The van der Waals surface area contributed by atoms with E-state index in [4.69, 9.17) is 10.5 Å². The molecule has 3 heterocycles. The number of aromatic amines is 1. The predicted molar refractivity (Wildman–Crippen MR) is 91.9 cm³/mol. The fourth-order valence-electron chi connectivity index (χ4n) is 3.05. The van der Waals surface area contributed by atoms with Crippen LogP contribution in [0.25, 0.3) is 5.78 Å². The number of esters is 1. The maximum atomic E-state index is 12.5. The Kier molecular flexibility index (Phi) is 4.51. The van der Waals surface area contributed by atoms with E-state index in [1.807, 2.05) is 25.7 Å². The highest BCUT2D eigenvalue weighted by Gasteiger charge is 2.32. The summed E-state index contributed by atoms with van der Waals surface area (Å²) >= 11 is 0. The fourth-order valence-corrected chi connectivity index (χ4v) is 3.05. The van der Waals surface area contributed by atoms with Crippen LogP contribution in [-0.4, -0.2) is 48.6 Å². The lowest BCUT2D eigenvalue weighted by Crippen LogP contribution is -2.47. The van der Waals surface area contributed by atoms with Gasteiger partial charge in [-0.3, -0.25) is 19.6 Å². The van der Waals surface area contributed by atoms with Crippen LogP contribution in [0.5, 0.6) is 0 Å². The lowest BCUT2D eigenvalue weighted by Gasteiger charge is -2.35. The molecule has 0 aliphatic carbocycles. The van der Waals surface area contributed by atoms with Crippen LogP contribution in [0.3, 0.4) is 0 Å². The number of H-pyrrole nitrogens is 1. The summed E-state index contributed by atoms with van der Waals surface area (Å²) in [6, 6.07) is 1.11. The summed E-state index contributed by atoms with van der Waals surface area (Å²) in [6.45, 7) is 6.72. The normalized spacial score (nSPS) is 19.2. The van der Waals surface area contributed by atoms with Crippen molar-refractivity contribution in [2.75, 3.05) is 12.3 Å². The van der Waals surface area contributed by atoms with E-state index in [0.717, 1.165) is 25.8 Å². The highest BCUT2D eigenvalue weighted by molar-refractivity contribution is 5.76. The number of nitrogens with zero attached hydrogens (tertiary/aromatic N) is 4. The summed E-state index contributed by atoms with van der Waals surface area (Å²) in [6.07, 6.45) is 2.72. The molecule has 9 heteroatoms. The minimum absolute atomic E-state index is 0.131. The van der Waals surface area contributed by atoms with E-state index in [1.165, 1.54) is 10.6 Å². The monoisotopic (exact) mass is 348 g/mol. The fraction of sp³-hybridized carbons (Fsp3) is 0.625. The summed E-state index contributed by atoms with van der Waals surface area (Å²) in [5.74, 6) is 0.131. The summed E-state index contributed by atoms with van der Waals surface area (Å²) in [4.78, 5) is 35.0. The molecule has 0 aromatic carbocycles. The number of ether oxygens (including phenoxy) is 1. The molecule has 25 heavy (non-hydrogen) atoms. The third-order valence-electron chi connectivity index (χ3n) is 4.06. The number of hydrogen-bond donors (Lipinski definition) is 2. The molecule has 3 rings (SSSR count). The van der Waals surface area contributed by atoms with Crippen LogP contribution in [-0.2, 0) is 16.1 Å². The van der Waals surface area contributed by atoms with E-state index in [2.05, 4.69) is 15.1 Å². The molecule has 3 N–H and O–H groups in total. The topological polar surface area (TPSA) is 119 Å². The highest BCUT2D eigenvalue weighted by Crippen LogP contribution is 2.22. The molecule has 0 bridgehead atoms. The zero-order valence-electron chi connectivity index (χ0n) is 14.8. The molecule has 1 aliphatic heterocycles. The minimum atomic E-state index is -0.525. The first-order valence-corrected chi connectivity index (χ1v) is 8.44. The third kappa shape index (κ3) is 3.98. The number of nitrogens with two attached hydrogens (primary N) is 1. The average molecular weight is 348 g/mol. The molecule has 0 spiro atoms. The number of fused-ring (bicyclic) bond motifs is 1. The van der Waals surface area contributed by atoms with E-state index in [0.29, 0.717) is 12.2 Å². The maximum Gasteiger partial charge on any atom is 0.323 e. The number of hydrogen-bond acceptors (Lipinski definition) is 7. The van der Waals surface area contributed by atoms with Gasteiger partial charge in [0.15, 0.2) is 0 Å². The van der Waals surface area contributed by atoms with Crippen LogP contribution in [0.2, 0.25) is 0 Å². The van der Waals surface area contributed by atoms with Crippen molar-refractivity contribution in [3.63, 3.8) is 0 Å². The van der Waals surface area contributed by atoms with Crippen molar-refractivity contribution in [1.29, 1.82) is 0 Å². The lowest BCUT2D eigenvalue weighted by atomic mass is 10.0. The molecule has 0 amide bonds. The second-order valence-electron chi connectivity index (χ2n) is 7.35. The Morgan fingerprint density at radius 3 is 2.88 bits per heavy atom. The SMILES string of the molecule is CC(C)(C)OC(=O)[C@@H]1CCCCN1Cc1cc(=O)n2[nH]c(N)nc2n1. The van der Waals surface area contributed by atoms with Crippen LogP contribution in [0.4, 0.5) is 5.95 Å². The molecular formula is C16H24N6O3. The first-order chi connectivity index (χ1) is 11.7. The Bertz CT molecular complexity index is 834. The van der Waals surface area contributed by atoms with Crippen LogP contribution < -0.4 is 11.3 Å². The second-order valence-corrected chi connectivity index (χ2v) is 7.35. The number of nitrogen functional groups attached to an aromatic ring is 1. The summed E-state index contributed by atoms with van der Waals surface area (Å²) in [7, 11) is 0. The average Bonchev–Trinajstić information content (AvgIpc) is 2.87. The molecule has 2 aromatic heterocycles. The molecular weight excluding hydrogens is 324 g/mol. The Balaban J connectivity index is 1.82. The lowest BCUT2D eigenvalue weighted by molar-refractivity contribution is -0.163. The smallest absolute Gasteiger partial charge is 0.323 e. The van der Waals surface area contributed by atoms with Crippen molar-refractivity contribution in [2.24, 2.45) is 0 Å². The Hall–Kier alpha value is -2.42. The van der Waals surface area contributed by atoms with E-state index in [9.17, 15) is 9.59 Å². The van der Waals surface area contributed by atoms with Crippen molar-refractivity contribution >= 4 is 17.7 Å². The number of rotatable bonds is 3. The first-order valence-electron chi connectivity index (χ1n) is 8.44. The Labute approximate surface area is 145 Å². The summed E-state index contributed by atoms with van der Waals surface area (Å²) in [5, 5.41) is 2.63. The van der Waals surface area contributed by atoms with Gasteiger partial charge in [-0.25, -0.2) is 4.98 Å². The molecule has 0 saturated carbocycles. The Morgan fingerprint density at radius 2 is 2.16 bits per heavy atom. The predicted octanol–water partition coefficient (Wildman–Crippen LogP) is 0.696. The van der Waals surface area contributed by atoms with Gasteiger partial charge in [-0.1, -0.05) is 6.42 Å². The quantitative estimate of drug-likeness (QED) is 0.784. The molecule has 1 saturated heterocycles. The largest absolute Gasteiger partial charge is 0.459 e. The zero-order valence-corrected chi connectivity index (χ0v) is 14.8. The van der Waals surface area contributed by atoms with Crippen LogP contribution >= 0.6 is 0 Å². The summed E-state index contributed by atoms with van der Waals surface area (Å²) in [5.41, 5.74) is 5.33.